The summed E-state index contributed by atoms with van der Waals surface area (Å²) in [6, 6.07) is 19.3. The summed E-state index contributed by atoms with van der Waals surface area (Å²) in [7, 11) is 0. The van der Waals surface area contributed by atoms with Crippen molar-refractivity contribution in [3.05, 3.63) is 95.6 Å². The van der Waals surface area contributed by atoms with E-state index in [1.165, 1.54) is 11.8 Å². The van der Waals surface area contributed by atoms with E-state index in [1.54, 1.807) is 17.0 Å². The third-order valence-corrected chi connectivity index (χ3v) is 6.58. The van der Waals surface area contributed by atoms with E-state index in [1.807, 2.05) is 36.4 Å². The molecule has 0 saturated carbocycles. The van der Waals surface area contributed by atoms with Crippen molar-refractivity contribution in [3.63, 3.8) is 0 Å². The number of hydrogen-bond acceptors (Lipinski definition) is 4. The first-order valence-corrected chi connectivity index (χ1v) is 11.3. The molecule has 2 aromatic carbocycles. The smallest absolute Gasteiger partial charge is 0.253 e. The lowest BCUT2D eigenvalue weighted by molar-refractivity contribution is -0.0169. The molecule has 6 heteroatoms. The minimum absolute atomic E-state index is 0.0462. The van der Waals surface area contributed by atoms with Crippen molar-refractivity contribution in [1.82, 2.24) is 9.88 Å². The number of anilines is 2. The molecule has 1 amide bonds. The number of rotatable bonds is 4. The Bertz CT molecular complexity index is 1180. The van der Waals surface area contributed by atoms with Crippen molar-refractivity contribution in [3.8, 4) is 0 Å². The van der Waals surface area contributed by atoms with Crippen LogP contribution in [-0.2, 0) is 6.42 Å². The van der Waals surface area contributed by atoms with Crippen LogP contribution in [0.15, 0.2) is 72.9 Å². The van der Waals surface area contributed by atoms with Gasteiger partial charge in [-0.25, -0.2) is 4.98 Å². The van der Waals surface area contributed by atoms with Gasteiger partial charge in [0, 0.05) is 54.8 Å². The van der Waals surface area contributed by atoms with Gasteiger partial charge in [0.2, 0.25) is 5.95 Å². The van der Waals surface area contributed by atoms with Crippen molar-refractivity contribution in [2.45, 2.75) is 24.9 Å². The monoisotopic (exact) mass is 443 g/mol. The topological polar surface area (TPSA) is 56.7 Å². The maximum Gasteiger partial charge on any atom is 0.253 e. The van der Waals surface area contributed by atoms with Crippen LogP contribution in [0.4, 0.5) is 15.8 Å². The Morgan fingerprint density at radius 3 is 2.55 bits per heavy atom. The zero-order valence-electron chi connectivity index (χ0n) is 18.3. The number of piperidine rings is 1. The summed E-state index contributed by atoms with van der Waals surface area (Å²) in [6.45, 7) is 1.65. The summed E-state index contributed by atoms with van der Waals surface area (Å²) < 4.78 is 13.9. The molecule has 1 saturated heterocycles. The number of hydrogen-bond donors (Lipinski definition) is 1. The predicted octanol–water partition coefficient (Wildman–Crippen LogP) is 4.60. The van der Waals surface area contributed by atoms with Gasteiger partial charge in [-0.2, -0.15) is 4.39 Å². The van der Waals surface area contributed by atoms with Gasteiger partial charge >= 0.3 is 0 Å². The van der Waals surface area contributed by atoms with Crippen molar-refractivity contribution < 1.29 is 14.3 Å². The van der Waals surface area contributed by atoms with E-state index in [0.717, 1.165) is 17.9 Å². The van der Waals surface area contributed by atoms with Crippen LogP contribution < -0.4 is 4.90 Å². The molecular formula is C27H26FN3O2. The summed E-state index contributed by atoms with van der Waals surface area (Å²) in [4.78, 5) is 20.7. The maximum absolute atomic E-state index is 13.9. The van der Waals surface area contributed by atoms with Crippen molar-refractivity contribution in [2.24, 2.45) is 0 Å². The van der Waals surface area contributed by atoms with Crippen molar-refractivity contribution in [2.75, 3.05) is 24.5 Å². The average Bonchev–Trinajstić information content (AvgIpc) is 2.85. The van der Waals surface area contributed by atoms with E-state index < -0.39 is 11.5 Å². The van der Waals surface area contributed by atoms with E-state index in [-0.39, 0.29) is 12.3 Å². The Morgan fingerprint density at radius 1 is 1.03 bits per heavy atom. The molecule has 2 aliphatic heterocycles. The lowest BCUT2D eigenvalue weighted by Crippen LogP contribution is -2.47. The average molecular weight is 444 g/mol. The fourth-order valence-electron chi connectivity index (χ4n) is 4.68. The van der Waals surface area contributed by atoms with Gasteiger partial charge in [0.15, 0.2) is 0 Å². The maximum atomic E-state index is 13.9. The number of aliphatic hydroxyl groups is 1. The number of nitrogens with zero attached hydrogens (tertiary/aromatic N) is 3. The van der Waals surface area contributed by atoms with Gasteiger partial charge in [-0.1, -0.05) is 36.4 Å². The van der Waals surface area contributed by atoms with Crippen LogP contribution in [0.3, 0.4) is 0 Å². The molecule has 0 bridgehead atoms. The molecule has 1 fully saturated rings. The Morgan fingerprint density at radius 2 is 1.79 bits per heavy atom. The van der Waals surface area contributed by atoms with Gasteiger partial charge in [-0.05, 0) is 54.8 Å². The van der Waals surface area contributed by atoms with Crippen molar-refractivity contribution in [1.29, 1.82) is 0 Å². The molecule has 1 N–H and O–H groups in total. The Balaban J connectivity index is 1.24. The molecule has 5 rings (SSSR count). The fraction of sp³-hybridized carbons (Fsp3) is 0.259. The molecule has 0 aliphatic carbocycles. The number of fused-ring (bicyclic) bond motifs is 1. The minimum atomic E-state index is -1.03. The first kappa shape index (κ1) is 21.3. The van der Waals surface area contributed by atoms with Gasteiger partial charge in [0.05, 0.1) is 5.60 Å². The molecule has 1 aromatic heterocycles. The summed E-state index contributed by atoms with van der Waals surface area (Å²) in [5, 5.41) is 10.9. The SMILES string of the molecule is O=C(c1ccc(N2CC=Cc3ccccc32)cc1)N1CCC(O)(Cc2cccnc2F)CC1. The lowest BCUT2D eigenvalue weighted by Gasteiger charge is -2.38. The largest absolute Gasteiger partial charge is 0.389 e. The second-order valence-corrected chi connectivity index (χ2v) is 8.77. The number of aromatic nitrogens is 1. The lowest BCUT2D eigenvalue weighted by atomic mass is 9.85. The quantitative estimate of drug-likeness (QED) is 0.599. The standard InChI is InChI=1S/C27H26FN3O2/c28-25-22(6-3-15-29-25)19-27(33)13-17-30(18-14-27)26(32)21-9-11-23(12-10-21)31-16-4-7-20-5-1-2-8-24(20)31/h1-12,15,33H,13-14,16-19H2. The van der Waals surface area contributed by atoms with Gasteiger partial charge in [-0.15, -0.1) is 0 Å². The number of likely N-dealkylation sites (tertiary alicyclic amines) is 1. The first-order valence-electron chi connectivity index (χ1n) is 11.3. The summed E-state index contributed by atoms with van der Waals surface area (Å²) in [6.07, 6.45) is 6.67. The van der Waals surface area contributed by atoms with Gasteiger partial charge in [-0.3, -0.25) is 4.79 Å². The third-order valence-electron chi connectivity index (χ3n) is 6.58. The van der Waals surface area contributed by atoms with Crippen LogP contribution in [0, 0.1) is 5.95 Å². The van der Waals surface area contributed by atoms with E-state index in [4.69, 9.17) is 0 Å². The summed E-state index contributed by atoms with van der Waals surface area (Å²) in [5.41, 5.74) is 3.37. The summed E-state index contributed by atoms with van der Waals surface area (Å²) >= 11 is 0. The molecule has 2 aliphatic rings. The minimum Gasteiger partial charge on any atom is -0.389 e. The van der Waals surface area contributed by atoms with E-state index in [9.17, 15) is 14.3 Å². The zero-order valence-corrected chi connectivity index (χ0v) is 18.3. The number of para-hydroxylation sites is 1. The van der Waals surface area contributed by atoms with Crippen LogP contribution in [-0.4, -0.2) is 46.1 Å². The van der Waals surface area contributed by atoms with E-state index in [2.05, 4.69) is 34.2 Å². The van der Waals surface area contributed by atoms with Crippen molar-refractivity contribution >= 4 is 23.4 Å². The van der Waals surface area contributed by atoms with Crippen LogP contribution >= 0.6 is 0 Å². The zero-order chi connectivity index (χ0) is 22.8. The molecule has 5 nitrogen and oxygen atoms in total. The number of pyridine rings is 1. The number of amides is 1. The Labute approximate surface area is 192 Å². The fourth-order valence-corrected chi connectivity index (χ4v) is 4.68. The van der Waals surface area contributed by atoms with Crippen LogP contribution in [0.1, 0.15) is 34.3 Å². The molecular weight excluding hydrogens is 417 g/mol. The highest BCUT2D eigenvalue weighted by Crippen LogP contribution is 2.33. The molecule has 33 heavy (non-hydrogen) atoms. The molecule has 168 valence electrons. The van der Waals surface area contributed by atoms with E-state index in [0.29, 0.717) is 37.1 Å². The number of halogens is 1. The number of carbonyl (C=O) groups is 1. The van der Waals surface area contributed by atoms with Crippen LogP contribution in [0.5, 0.6) is 0 Å². The van der Waals surface area contributed by atoms with E-state index >= 15 is 0 Å². The first-order chi connectivity index (χ1) is 16.0. The van der Waals surface area contributed by atoms with Crippen LogP contribution in [0.25, 0.3) is 6.08 Å². The number of carbonyl (C=O) groups excluding carboxylic acids is 1. The normalized spacial score (nSPS) is 17.0. The predicted molar refractivity (Wildman–Crippen MR) is 127 cm³/mol. The second-order valence-electron chi connectivity index (χ2n) is 8.77. The van der Waals surface area contributed by atoms with Gasteiger partial charge in [0.25, 0.3) is 5.91 Å². The number of benzene rings is 2. The second kappa shape index (κ2) is 8.79. The third kappa shape index (κ3) is 4.39. The molecule has 3 aromatic rings. The highest BCUT2D eigenvalue weighted by Gasteiger charge is 2.35. The highest BCUT2D eigenvalue weighted by atomic mass is 19.1. The molecule has 0 unspecified atom stereocenters. The molecule has 0 radical (unpaired) electrons. The van der Waals surface area contributed by atoms with Crippen LogP contribution in [0.2, 0.25) is 0 Å². The Kier molecular flexibility index (Phi) is 5.68. The summed E-state index contributed by atoms with van der Waals surface area (Å²) in [5.74, 6) is -0.591. The molecule has 0 spiro atoms. The molecule has 3 heterocycles. The molecule has 0 atom stereocenters. The van der Waals surface area contributed by atoms with Gasteiger partial charge < -0.3 is 14.9 Å². The Hall–Kier alpha value is -3.51. The highest BCUT2D eigenvalue weighted by molar-refractivity contribution is 5.95. The van der Waals surface area contributed by atoms with Gasteiger partial charge in [0.1, 0.15) is 0 Å².